The van der Waals surface area contributed by atoms with Gasteiger partial charge in [-0.05, 0) is 5.38 Å². The van der Waals surface area contributed by atoms with Crippen LogP contribution in [0.25, 0.3) is 10.7 Å². The van der Waals surface area contributed by atoms with E-state index in [0.717, 1.165) is 15.9 Å². The van der Waals surface area contributed by atoms with Crippen molar-refractivity contribution < 1.29 is 24.7 Å². The molecule has 2 rings (SSSR count). The van der Waals surface area contributed by atoms with Crippen molar-refractivity contribution in [2.75, 3.05) is 0 Å². The molecule has 0 radical (unpaired) electrons. The first-order valence-electron chi connectivity index (χ1n) is 5.26. The number of thiophene rings is 1. The van der Waals surface area contributed by atoms with Gasteiger partial charge in [0.15, 0.2) is 5.82 Å². The maximum Gasteiger partial charge on any atom is 0.512 e. The fourth-order valence-corrected chi connectivity index (χ4v) is 2.43. The number of carbonyl (C=O) groups is 1. The molecule has 0 spiro atoms. The summed E-state index contributed by atoms with van der Waals surface area (Å²) >= 11 is 0.939. The lowest BCUT2D eigenvalue weighted by molar-refractivity contribution is -0.383. The Hall–Kier alpha value is -2.95. The summed E-state index contributed by atoms with van der Waals surface area (Å²) in [6, 6.07) is 1.22. The largest absolute Gasteiger partial charge is 0.512 e. The molecule has 2 N–H and O–H groups in total. The lowest BCUT2D eigenvalue weighted by Crippen LogP contribution is -2.21. The van der Waals surface area contributed by atoms with Gasteiger partial charge in [0, 0.05) is 13.1 Å². The number of hydrogen-bond acceptors (Lipinski definition) is 8. The van der Waals surface area contributed by atoms with Crippen LogP contribution in [-0.2, 0) is 7.05 Å². The Balaban J connectivity index is 2.72. The van der Waals surface area contributed by atoms with Gasteiger partial charge in [0.25, 0.3) is 17.1 Å². The van der Waals surface area contributed by atoms with Crippen molar-refractivity contribution >= 4 is 23.2 Å². The lowest BCUT2D eigenvalue weighted by Gasteiger charge is -2.08. The highest BCUT2D eigenvalue weighted by Crippen LogP contribution is 2.35. The second kappa shape index (κ2) is 5.20. The van der Waals surface area contributed by atoms with Crippen LogP contribution in [0.1, 0.15) is 0 Å². The maximum absolute atomic E-state index is 11.8. The predicted octanol–water partition coefficient (Wildman–Crippen LogP) is 1.18. The van der Waals surface area contributed by atoms with Gasteiger partial charge in [0.2, 0.25) is 5.75 Å². The summed E-state index contributed by atoms with van der Waals surface area (Å²) in [5, 5.41) is 30.4. The van der Waals surface area contributed by atoms with Gasteiger partial charge in [-0.3, -0.25) is 19.5 Å². The topological polar surface area (TPSA) is 145 Å². The number of nitro groups is 1. The minimum absolute atomic E-state index is 0.0369. The first-order chi connectivity index (χ1) is 9.82. The van der Waals surface area contributed by atoms with E-state index in [1.54, 1.807) is 0 Å². The Kier molecular flexibility index (Phi) is 3.58. The van der Waals surface area contributed by atoms with Crippen LogP contribution in [0.3, 0.4) is 0 Å². The third kappa shape index (κ3) is 2.53. The number of hydrogen-bond donors (Lipinski definition) is 2. The fraction of sp³-hybridized carbons (Fsp3) is 0.100. The van der Waals surface area contributed by atoms with Gasteiger partial charge in [0.05, 0.1) is 4.92 Å². The number of nitrogens with zero attached hydrogens (tertiary/aromatic N) is 3. The van der Waals surface area contributed by atoms with Crippen molar-refractivity contribution in [1.29, 1.82) is 0 Å². The molecule has 0 amide bonds. The second-order valence-corrected chi connectivity index (χ2v) is 4.63. The molecule has 2 aromatic rings. The zero-order valence-corrected chi connectivity index (χ0v) is 11.2. The number of aromatic hydroxyl groups is 1. The second-order valence-electron chi connectivity index (χ2n) is 3.71. The minimum Gasteiger partial charge on any atom is -0.499 e. The van der Waals surface area contributed by atoms with E-state index in [1.165, 1.54) is 18.5 Å². The Bertz CT molecular complexity index is 794. The summed E-state index contributed by atoms with van der Waals surface area (Å²) in [6.45, 7) is 0. The highest BCUT2D eigenvalue weighted by molar-refractivity contribution is 7.14. The van der Waals surface area contributed by atoms with Crippen molar-refractivity contribution in [3.05, 3.63) is 31.9 Å². The quantitative estimate of drug-likeness (QED) is 0.488. The van der Waals surface area contributed by atoms with E-state index in [-0.39, 0.29) is 16.4 Å². The van der Waals surface area contributed by atoms with Crippen LogP contribution in [0, 0.1) is 10.1 Å². The van der Waals surface area contributed by atoms with E-state index < -0.39 is 28.3 Å². The summed E-state index contributed by atoms with van der Waals surface area (Å²) in [7, 11) is 1.23. The van der Waals surface area contributed by atoms with E-state index >= 15 is 0 Å². The molecule has 110 valence electrons. The zero-order chi connectivity index (χ0) is 15.7. The number of rotatable bonds is 3. The van der Waals surface area contributed by atoms with Crippen molar-refractivity contribution in [2.24, 2.45) is 7.05 Å². The van der Waals surface area contributed by atoms with Gasteiger partial charge in [-0.2, -0.15) is 4.98 Å². The van der Waals surface area contributed by atoms with Crippen molar-refractivity contribution in [1.82, 2.24) is 9.55 Å². The number of ether oxygens (including phenoxy) is 1. The van der Waals surface area contributed by atoms with Gasteiger partial charge < -0.3 is 14.9 Å². The van der Waals surface area contributed by atoms with Crippen LogP contribution in [0.15, 0.2) is 16.2 Å². The lowest BCUT2D eigenvalue weighted by atomic mass is 10.3. The van der Waals surface area contributed by atoms with Crippen LogP contribution in [0.2, 0.25) is 0 Å². The van der Waals surface area contributed by atoms with E-state index in [4.69, 9.17) is 5.11 Å². The van der Waals surface area contributed by atoms with E-state index in [1.807, 2.05) is 0 Å². The van der Waals surface area contributed by atoms with Gasteiger partial charge in [-0.25, -0.2) is 4.79 Å². The monoisotopic (exact) mass is 313 g/mol. The van der Waals surface area contributed by atoms with Crippen LogP contribution >= 0.6 is 11.3 Å². The van der Waals surface area contributed by atoms with Crippen LogP contribution in [0.4, 0.5) is 10.5 Å². The smallest absolute Gasteiger partial charge is 0.499 e. The third-order valence-electron chi connectivity index (χ3n) is 2.46. The molecule has 0 atom stereocenters. The normalized spacial score (nSPS) is 10.3. The van der Waals surface area contributed by atoms with Crippen molar-refractivity contribution in [2.45, 2.75) is 0 Å². The average molecular weight is 313 g/mol. The first kappa shape index (κ1) is 14.5. The molecule has 0 fully saturated rings. The molecule has 0 aliphatic rings. The number of aromatic nitrogens is 2. The van der Waals surface area contributed by atoms with E-state index in [9.17, 15) is 24.8 Å². The van der Waals surface area contributed by atoms with Crippen LogP contribution < -0.4 is 10.3 Å². The van der Waals surface area contributed by atoms with Crippen molar-refractivity contribution in [3.8, 4) is 22.3 Å². The van der Waals surface area contributed by atoms with Crippen molar-refractivity contribution in [3.63, 3.8) is 0 Å². The molecule has 2 heterocycles. The standard InChI is InChI=1S/C10H7N3O7S/c1-12-7(6-4(13(18)19)2-3-21-6)11-8(20-10(16)17)5(14)9(12)15/h2-3,14H,1H3,(H,16,17). The molecule has 0 saturated carbocycles. The van der Waals surface area contributed by atoms with E-state index in [2.05, 4.69) is 9.72 Å². The molecular formula is C10H7N3O7S. The summed E-state index contributed by atoms with van der Waals surface area (Å²) in [5.41, 5.74) is -1.28. The van der Waals surface area contributed by atoms with E-state index in [0.29, 0.717) is 0 Å². The Morgan fingerprint density at radius 1 is 1.57 bits per heavy atom. The third-order valence-corrected chi connectivity index (χ3v) is 3.36. The highest BCUT2D eigenvalue weighted by atomic mass is 32.1. The minimum atomic E-state index is -1.78. The van der Waals surface area contributed by atoms with Gasteiger partial charge in [0.1, 0.15) is 4.88 Å². The number of carboxylic acid groups (broad SMARTS) is 1. The van der Waals surface area contributed by atoms with Gasteiger partial charge >= 0.3 is 6.16 Å². The summed E-state index contributed by atoms with van der Waals surface area (Å²) < 4.78 is 5.06. The molecule has 0 aliphatic heterocycles. The molecule has 2 aromatic heterocycles. The summed E-state index contributed by atoms with van der Waals surface area (Å²) in [5.74, 6) is -2.01. The SMILES string of the molecule is Cn1c(-c2sccc2[N+](=O)[O-])nc(OC(=O)O)c(O)c1=O. The summed E-state index contributed by atoms with van der Waals surface area (Å²) in [4.78, 5) is 36.3. The zero-order valence-electron chi connectivity index (χ0n) is 10.3. The predicted molar refractivity (Wildman–Crippen MR) is 69.8 cm³/mol. The first-order valence-corrected chi connectivity index (χ1v) is 6.14. The van der Waals surface area contributed by atoms with Crippen LogP contribution in [0.5, 0.6) is 11.6 Å². The van der Waals surface area contributed by atoms with Crippen LogP contribution in [-0.4, -0.2) is 30.8 Å². The molecule has 11 heteroatoms. The molecule has 0 aliphatic carbocycles. The molecule has 0 bridgehead atoms. The van der Waals surface area contributed by atoms with Gasteiger partial charge in [-0.15, -0.1) is 11.3 Å². The molecule has 21 heavy (non-hydrogen) atoms. The Labute approximate surface area is 119 Å². The molecule has 0 unspecified atom stereocenters. The average Bonchev–Trinajstić information content (AvgIpc) is 2.88. The molecule has 0 saturated heterocycles. The summed E-state index contributed by atoms with van der Waals surface area (Å²) in [6.07, 6.45) is -1.78. The van der Waals surface area contributed by atoms with Gasteiger partial charge in [-0.1, -0.05) is 0 Å². The Morgan fingerprint density at radius 2 is 2.24 bits per heavy atom. The molecular weight excluding hydrogens is 306 g/mol. The molecule has 10 nitrogen and oxygen atoms in total. The molecule has 0 aromatic carbocycles. The fourth-order valence-electron chi connectivity index (χ4n) is 1.54. The highest BCUT2D eigenvalue weighted by Gasteiger charge is 2.24. The Morgan fingerprint density at radius 3 is 2.81 bits per heavy atom. The maximum atomic E-state index is 11.8.